The average Bonchev–Trinajstić information content (AvgIpc) is 2.95. The number of aromatic amines is 1. The van der Waals surface area contributed by atoms with E-state index < -0.39 is 6.09 Å². The van der Waals surface area contributed by atoms with Crippen molar-refractivity contribution in [1.29, 1.82) is 0 Å². The number of likely N-dealkylation sites (tertiary alicyclic amines) is 1. The molecule has 1 saturated heterocycles. The topological polar surface area (TPSA) is 104 Å². The van der Waals surface area contributed by atoms with E-state index in [1.807, 2.05) is 22.6 Å². The molecule has 1 atom stereocenters. The molecule has 0 saturated carbocycles. The number of aromatic nitrogens is 4. The molecule has 100 valence electrons. The number of nitrogens with one attached hydrogen (secondary N) is 1. The van der Waals surface area contributed by atoms with Crippen LogP contribution < -0.4 is 5.56 Å². The van der Waals surface area contributed by atoms with Gasteiger partial charge in [-0.25, -0.2) is 14.3 Å². The quantitative estimate of drug-likeness (QED) is 0.707. The summed E-state index contributed by atoms with van der Waals surface area (Å²) >= 11 is 1.99. The predicted octanol–water partition coefficient (Wildman–Crippen LogP) is 0.490. The minimum Gasteiger partial charge on any atom is -0.465 e. The van der Waals surface area contributed by atoms with Crippen LogP contribution in [0.3, 0.4) is 0 Å². The fourth-order valence-electron chi connectivity index (χ4n) is 2.33. The Morgan fingerprint density at radius 1 is 1.58 bits per heavy atom. The van der Waals surface area contributed by atoms with Gasteiger partial charge in [-0.05, 0) is 29.0 Å². The maximum Gasteiger partial charge on any atom is 0.407 e. The van der Waals surface area contributed by atoms with Crippen molar-refractivity contribution in [2.24, 2.45) is 0 Å². The molecule has 0 bridgehead atoms. The Kier molecular flexibility index (Phi) is 2.92. The molecule has 1 amide bonds. The number of halogens is 1. The zero-order valence-corrected chi connectivity index (χ0v) is 11.9. The number of carboxylic acid groups (broad SMARTS) is 1. The maximum absolute atomic E-state index is 11.7. The van der Waals surface area contributed by atoms with Crippen LogP contribution in [0.2, 0.25) is 0 Å². The molecule has 1 aliphatic rings. The fraction of sp³-hybridized carbons (Fsp3) is 0.400. The van der Waals surface area contributed by atoms with Crippen LogP contribution in [-0.2, 0) is 0 Å². The molecule has 3 heterocycles. The standard InChI is InChI=1S/C10H10IN5O3/c11-7-6-9(17)12-4-13-16(6)8(14-7)5-1-2-15(3-5)10(18)19/h4-5H,1-3H2,(H,18,19)(H,12,13,17)/t5-/m1/s1. The maximum atomic E-state index is 11.7. The number of nitrogens with zero attached hydrogens (tertiary/aromatic N) is 4. The largest absolute Gasteiger partial charge is 0.465 e. The summed E-state index contributed by atoms with van der Waals surface area (Å²) in [5.41, 5.74) is 0.165. The molecule has 0 aromatic carbocycles. The zero-order valence-electron chi connectivity index (χ0n) is 9.71. The van der Waals surface area contributed by atoms with Gasteiger partial charge in [0.1, 0.15) is 15.9 Å². The highest BCUT2D eigenvalue weighted by molar-refractivity contribution is 14.1. The van der Waals surface area contributed by atoms with Crippen LogP contribution in [0.1, 0.15) is 18.2 Å². The van der Waals surface area contributed by atoms with Crippen molar-refractivity contribution >= 4 is 34.2 Å². The molecule has 19 heavy (non-hydrogen) atoms. The number of hydrogen-bond acceptors (Lipinski definition) is 4. The Hall–Kier alpha value is -1.65. The Morgan fingerprint density at radius 3 is 3.05 bits per heavy atom. The van der Waals surface area contributed by atoms with Crippen molar-refractivity contribution in [2.75, 3.05) is 13.1 Å². The Labute approximate surface area is 120 Å². The van der Waals surface area contributed by atoms with E-state index in [-0.39, 0.29) is 11.5 Å². The molecule has 0 spiro atoms. The first kappa shape index (κ1) is 12.4. The van der Waals surface area contributed by atoms with Gasteiger partial charge in [-0.1, -0.05) is 0 Å². The van der Waals surface area contributed by atoms with E-state index in [1.165, 1.54) is 15.7 Å². The number of rotatable bonds is 1. The minimum absolute atomic E-state index is 0.0265. The highest BCUT2D eigenvalue weighted by Crippen LogP contribution is 2.27. The lowest BCUT2D eigenvalue weighted by atomic mass is 10.1. The van der Waals surface area contributed by atoms with E-state index in [1.54, 1.807) is 0 Å². The molecule has 0 radical (unpaired) electrons. The number of H-pyrrole nitrogens is 1. The summed E-state index contributed by atoms with van der Waals surface area (Å²) in [4.78, 5) is 30.9. The summed E-state index contributed by atoms with van der Waals surface area (Å²) in [6.45, 7) is 0.869. The molecular formula is C10H10IN5O3. The van der Waals surface area contributed by atoms with Crippen LogP contribution >= 0.6 is 22.6 Å². The average molecular weight is 375 g/mol. The van der Waals surface area contributed by atoms with E-state index in [0.29, 0.717) is 34.6 Å². The van der Waals surface area contributed by atoms with Crippen LogP contribution in [0.4, 0.5) is 4.79 Å². The smallest absolute Gasteiger partial charge is 0.407 e. The third-order valence-electron chi connectivity index (χ3n) is 3.24. The van der Waals surface area contributed by atoms with E-state index >= 15 is 0 Å². The van der Waals surface area contributed by atoms with Crippen LogP contribution in [0.15, 0.2) is 11.1 Å². The number of hydrogen-bond donors (Lipinski definition) is 2. The lowest BCUT2D eigenvalue weighted by Gasteiger charge is -2.11. The van der Waals surface area contributed by atoms with Gasteiger partial charge < -0.3 is 15.0 Å². The zero-order chi connectivity index (χ0) is 13.6. The second-order valence-corrected chi connectivity index (χ2v) is 5.38. The Bertz CT molecular complexity index is 709. The van der Waals surface area contributed by atoms with Crippen LogP contribution in [-0.4, -0.2) is 48.8 Å². The third kappa shape index (κ3) is 1.97. The van der Waals surface area contributed by atoms with Crippen molar-refractivity contribution in [3.05, 3.63) is 26.2 Å². The Morgan fingerprint density at radius 2 is 2.37 bits per heavy atom. The molecule has 3 rings (SSSR count). The number of amides is 1. The summed E-state index contributed by atoms with van der Waals surface area (Å²) in [6, 6.07) is 0. The summed E-state index contributed by atoms with van der Waals surface area (Å²) in [6.07, 6.45) is 1.08. The second-order valence-electron chi connectivity index (χ2n) is 4.35. The van der Waals surface area contributed by atoms with Crippen molar-refractivity contribution in [1.82, 2.24) is 24.5 Å². The number of carbonyl (C=O) groups is 1. The van der Waals surface area contributed by atoms with Gasteiger partial charge in [-0.15, -0.1) is 0 Å². The molecule has 2 aromatic heterocycles. The number of imidazole rings is 1. The van der Waals surface area contributed by atoms with Crippen molar-refractivity contribution < 1.29 is 9.90 Å². The molecule has 2 aromatic rings. The van der Waals surface area contributed by atoms with Crippen molar-refractivity contribution in [3.8, 4) is 0 Å². The minimum atomic E-state index is -0.927. The fourth-order valence-corrected chi connectivity index (χ4v) is 3.05. The van der Waals surface area contributed by atoms with Gasteiger partial charge in [0.25, 0.3) is 5.56 Å². The highest BCUT2D eigenvalue weighted by atomic mass is 127. The number of fused-ring (bicyclic) bond motifs is 1. The summed E-state index contributed by atoms with van der Waals surface area (Å²) in [5, 5.41) is 13.1. The summed E-state index contributed by atoms with van der Waals surface area (Å²) in [7, 11) is 0. The highest BCUT2D eigenvalue weighted by Gasteiger charge is 2.31. The van der Waals surface area contributed by atoms with Crippen molar-refractivity contribution in [2.45, 2.75) is 12.3 Å². The Balaban J connectivity index is 2.05. The summed E-state index contributed by atoms with van der Waals surface area (Å²) in [5.74, 6) is 0.621. The van der Waals surface area contributed by atoms with Crippen LogP contribution in [0.25, 0.3) is 5.52 Å². The molecule has 9 heteroatoms. The normalized spacial score (nSPS) is 19.2. The first-order valence-corrected chi connectivity index (χ1v) is 6.75. The van der Waals surface area contributed by atoms with Gasteiger partial charge in [-0.3, -0.25) is 4.79 Å². The van der Waals surface area contributed by atoms with Gasteiger partial charge in [0, 0.05) is 19.0 Å². The molecule has 8 nitrogen and oxygen atoms in total. The van der Waals surface area contributed by atoms with Crippen LogP contribution in [0.5, 0.6) is 0 Å². The van der Waals surface area contributed by atoms with Crippen LogP contribution in [0, 0.1) is 3.70 Å². The van der Waals surface area contributed by atoms with Gasteiger partial charge in [-0.2, -0.15) is 5.10 Å². The molecule has 2 N–H and O–H groups in total. The SMILES string of the molecule is O=C(O)N1CC[C@@H](c2nc(I)c3c(=O)[nH]cnn23)C1. The lowest BCUT2D eigenvalue weighted by molar-refractivity contribution is 0.155. The van der Waals surface area contributed by atoms with E-state index in [9.17, 15) is 9.59 Å². The lowest BCUT2D eigenvalue weighted by Crippen LogP contribution is -2.26. The van der Waals surface area contributed by atoms with E-state index in [0.717, 1.165) is 0 Å². The first-order valence-electron chi connectivity index (χ1n) is 5.67. The second kappa shape index (κ2) is 4.47. The molecule has 0 unspecified atom stereocenters. The predicted molar refractivity (Wildman–Crippen MR) is 73.3 cm³/mol. The van der Waals surface area contributed by atoms with Gasteiger partial charge in [0.2, 0.25) is 0 Å². The van der Waals surface area contributed by atoms with Crippen molar-refractivity contribution in [3.63, 3.8) is 0 Å². The summed E-state index contributed by atoms with van der Waals surface area (Å²) < 4.78 is 2.09. The first-order chi connectivity index (χ1) is 9.08. The van der Waals surface area contributed by atoms with E-state index in [4.69, 9.17) is 5.11 Å². The van der Waals surface area contributed by atoms with E-state index in [2.05, 4.69) is 15.1 Å². The molecule has 0 aliphatic carbocycles. The monoisotopic (exact) mass is 375 g/mol. The third-order valence-corrected chi connectivity index (χ3v) is 4.00. The molecular weight excluding hydrogens is 365 g/mol. The molecule has 1 aliphatic heterocycles. The van der Waals surface area contributed by atoms with Gasteiger partial charge >= 0.3 is 6.09 Å². The van der Waals surface area contributed by atoms with Gasteiger partial charge in [0.15, 0.2) is 5.52 Å². The van der Waals surface area contributed by atoms with Gasteiger partial charge in [0.05, 0.1) is 0 Å². The molecule has 1 fully saturated rings.